The summed E-state index contributed by atoms with van der Waals surface area (Å²) in [6.07, 6.45) is 4.04. The molecule has 0 saturated carbocycles. The van der Waals surface area contributed by atoms with Crippen molar-refractivity contribution < 1.29 is 58.2 Å². The molecule has 0 atom stereocenters. The van der Waals surface area contributed by atoms with Crippen molar-refractivity contribution >= 4 is 19.1 Å². The average Bonchev–Trinajstić information content (AvgIpc) is 2.96. The Balaban J connectivity index is 0.000000821. The van der Waals surface area contributed by atoms with E-state index in [1.165, 1.54) is 0 Å². The van der Waals surface area contributed by atoms with Crippen molar-refractivity contribution in [1.82, 2.24) is 0 Å². The van der Waals surface area contributed by atoms with Crippen LogP contribution in [0.1, 0.15) is 25.0 Å². The minimum absolute atomic E-state index is 0.620. The summed E-state index contributed by atoms with van der Waals surface area (Å²) < 4.78 is 96.7. The van der Waals surface area contributed by atoms with E-state index in [1.54, 1.807) is 42.7 Å². The second-order valence-corrected chi connectivity index (χ2v) is 10.7. The topological polar surface area (TPSA) is 58.4 Å². The molecule has 1 aliphatic carbocycles. The molecule has 0 saturated heterocycles. The molecule has 0 spiro atoms. The zero-order valence-electron chi connectivity index (χ0n) is 25.1. The Labute approximate surface area is 246 Å². The summed E-state index contributed by atoms with van der Waals surface area (Å²) in [5, 5.41) is 0. The van der Waals surface area contributed by atoms with Crippen LogP contribution in [0, 0.1) is 0 Å². The maximum atomic E-state index is 9.87. The molecule has 0 aliphatic heterocycles. The monoisotopic (exact) mass is 639 g/mol. The molecule has 0 unspecified atom stereocenters. The van der Waals surface area contributed by atoms with E-state index in [0.29, 0.717) is 34.5 Å². The van der Waals surface area contributed by atoms with Gasteiger partial charge < -0.3 is 28.4 Å². The molecule has 14 heteroatoms. The van der Waals surface area contributed by atoms with Gasteiger partial charge in [-0.3, -0.25) is 0 Å². The first kappa shape index (κ1) is 35.3. The molecule has 0 aromatic heterocycles. The third-order valence-corrected chi connectivity index (χ3v) is 6.22. The SMILES string of the molecule is CC[N+](CC)=C1C=C(OC)C(=C(c2c(OC)cccc2OC)c2c(OC)cccc2OC)C(OC)=C1.F[P-](F)(F)(F)(F)F. The number of hydrogen-bond acceptors (Lipinski definition) is 6. The van der Waals surface area contributed by atoms with Crippen LogP contribution in [0.2, 0.25) is 0 Å². The van der Waals surface area contributed by atoms with Crippen LogP contribution in [0.25, 0.3) is 5.57 Å². The van der Waals surface area contributed by atoms with Crippen molar-refractivity contribution in [2.45, 2.75) is 13.8 Å². The summed E-state index contributed by atoms with van der Waals surface area (Å²) in [5.74, 6) is 3.74. The molecule has 2 aromatic rings. The minimum atomic E-state index is -10.7. The molecule has 2 aromatic carbocycles. The molecule has 0 fully saturated rings. The Morgan fingerprint density at radius 2 is 0.884 bits per heavy atom. The number of methoxy groups -OCH3 is 6. The normalized spacial score (nSPS) is 14.6. The Hall–Kier alpha value is -3.86. The quantitative estimate of drug-likeness (QED) is 0.148. The summed E-state index contributed by atoms with van der Waals surface area (Å²) in [4.78, 5) is 0. The van der Waals surface area contributed by atoms with Gasteiger partial charge in [0, 0.05) is 5.57 Å². The Morgan fingerprint density at radius 1 is 0.581 bits per heavy atom. The predicted octanol–water partition coefficient (Wildman–Crippen LogP) is 8.47. The Kier molecular flexibility index (Phi) is 10.8. The first-order chi connectivity index (χ1) is 20.0. The average molecular weight is 640 g/mol. The molecule has 0 amide bonds. The van der Waals surface area contributed by atoms with Crippen LogP contribution in [0.15, 0.2) is 65.6 Å². The number of halogens is 6. The summed E-state index contributed by atoms with van der Waals surface area (Å²) in [5.41, 5.74) is 3.89. The third-order valence-electron chi connectivity index (χ3n) is 6.22. The number of rotatable bonds is 10. The van der Waals surface area contributed by atoms with E-state index in [2.05, 4.69) is 18.4 Å². The zero-order valence-corrected chi connectivity index (χ0v) is 26.0. The van der Waals surface area contributed by atoms with Gasteiger partial charge >= 0.3 is 33.0 Å². The molecule has 0 N–H and O–H groups in total. The van der Waals surface area contributed by atoms with Gasteiger partial charge in [-0.25, -0.2) is 4.58 Å². The fourth-order valence-corrected chi connectivity index (χ4v) is 4.49. The molecule has 0 bridgehead atoms. The van der Waals surface area contributed by atoms with E-state index < -0.39 is 7.81 Å². The van der Waals surface area contributed by atoms with Gasteiger partial charge in [0.15, 0.2) is 0 Å². The number of benzene rings is 2. The van der Waals surface area contributed by atoms with Gasteiger partial charge in [0.2, 0.25) is 5.71 Å². The summed E-state index contributed by atoms with van der Waals surface area (Å²) in [7, 11) is -0.821. The van der Waals surface area contributed by atoms with E-state index in [-0.39, 0.29) is 0 Å². The number of nitrogens with zero attached hydrogens (tertiary/aromatic N) is 1. The van der Waals surface area contributed by atoms with Crippen molar-refractivity contribution in [2.75, 3.05) is 55.7 Å². The van der Waals surface area contributed by atoms with Gasteiger partial charge in [0.25, 0.3) is 0 Å². The zero-order chi connectivity index (χ0) is 32.7. The van der Waals surface area contributed by atoms with Crippen LogP contribution in [0.4, 0.5) is 25.2 Å². The van der Waals surface area contributed by atoms with Gasteiger partial charge in [0.05, 0.1) is 71.5 Å². The molecular weight excluding hydrogens is 603 g/mol. The second-order valence-electron chi connectivity index (χ2n) is 8.81. The maximum absolute atomic E-state index is 10.7. The van der Waals surface area contributed by atoms with Crippen LogP contribution in [0.3, 0.4) is 0 Å². The van der Waals surface area contributed by atoms with Gasteiger partial charge in [-0.2, -0.15) is 0 Å². The first-order valence-corrected chi connectivity index (χ1v) is 14.9. The van der Waals surface area contributed by atoms with Crippen molar-refractivity contribution in [3.8, 4) is 23.0 Å². The van der Waals surface area contributed by atoms with Crippen molar-refractivity contribution in [3.05, 3.63) is 76.8 Å². The third kappa shape index (κ3) is 9.57. The van der Waals surface area contributed by atoms with E-state index in [1.807, 2.05) is 48.6 Å². The molecule has 0 radical (unpaired) electrons. The van der Waals surface area contributed by atoms with Crippen LogP contribution in [-0.4, -0.2) is 66.0 Å². The number of hydrogen-bond donors (Lipinski definition) is 0. The molecule has 0 heterocycles. The molecule has 3 rings (SSSR count). The van der Waals surface area contributed by atoms with Gasteiger partial charge in [-0.1, -0.05) is 12.1 Å². The summed E-state index contributed by atoms with van der Waals surface area (Å²) in [6, 6.07) is 11.3. The van der Waals surface area contributed by atoms with Crippen LogP contribution in [-0.2, 0) is 9.47 Å². The van der Waals surface area contributed by atoms with Crippen LogP contribution >= 0.6 is 7.81 Å². The van der Waals surface area contributed by atoms with Crippen molar-refractivity contribution in [2.24, 2.45) is 0 Å². The fraction of sp³-hybridized carbons (Fsp3) is 0.345. The summed E-state index contributed by atoms with van der Waals surface area (Å²) >= 11 is 0. The summed E-state index contributed by atoms with van der Waals surface area (Å²) in [6.45, 7) is 5.93. The molecule has 240 valence electrons. The number of ether oxygens (including phenoxy) is 6. The Bertz CT molecular complexity index is 1310. The molecule has 43 heavy (non-hydrogen) atoms. The van der Waals surface area contributed by atoms with E-state index >= 15 is 0 Å². The van der Waals surface area contributed by atoms with E-state index in [0.717, 1.165) is 41.1 Å². The van der Waals surface area contributed by atoms with Crippen molar-refractivity contribution in [3.63, 3.8) is 0 Å². The molecule has 1 aliphatic rings. The van der Waals surface area contributed by atoms with Crippen LogP contribution in [0.5, 0.6) is 23.0 Å². The van der Waals surface area contributed by atoms with Crippen LogP contribution < -0.4 is 18.9 Å². The van der Waals surface area contributed by atoms with Gasteiger partial charge in [-0.05, 0) is 38.1 Å². The van der Waals surface area contributed by atoms with Crippen molar-refractivity contribution in [1.29, 1.82) is 0 Å². The standard InChI is InChI=1S/C29H36NO6.F6P/c1-9-30(10-2)19-17-24(35-7)28(25(18-19)36-8)29(26-20(31-3)13-11-14-21(26)32-4)27-22(33-5)15-12-16-23(27)34-6;1-7(2,3,4,5)6/h11-18H,9-10H2,1-8H3;/q+1;-1. The van der Waals surface area contributed by atoms with E-state index in [4.69, 9.17) is 28.4 Å². The second kappa shape index (κ2) is 13.2. The van der Waals surface area contributed by atoms with E-state index in [9.17, 15) is 25.2 Å². The molecular formula is C29H36F6NO6P. The number of allylic oxidation sites excluding steroid dienone is 2. The van der Waals surface area contributed by atoms with Gasteiger partial charge in [-0.15, -0.1) is 0 Å². The fourth-order valence-electron chi connectivity index (χ4n) is 4.49. The predicted molar refractivity (Wildman–Crippen MR) is 155 cm³/mol. The Morgan fingerprint density at radius 3 is 1.12 bits per heavy atom. The van der Waals surface area contributed by atoms with Gasteiger partial charge in [0.1, 0.15) is 47.6 Å². The first-order valence-electron chi connectivity index (χ1n) is 12.9. The molecule has 7 nitrogen and oxygen atoms in total.